The number of hydrogen-bond donors (Lipinski definition) is 2. The van der Waals surface area contributed by atoms with Gasteiger partial charge in [0.25, 0.3) is 5.91 Å². The lowest BCUT2D eigenvalue weighted by Gasteiger charge is -2.45. The summed E-state index contributed by atoms with van der Waals surface area (Å²) in [4.78, 5) is 12.6. The molecule has 0 radical (unpaired) electrons. The normalized spacial score (nSPS) is 31.1. The van der Waals surface area contributed by atoms with Gasteiger partial charge in [-0.2, -0.15) is 0 Å². The molecule has 2 aliphatic carbocycles. The Labute approximate surface area is 133 Å². The summed E-state index contributed by atoms with van der Waals surface area (Å²) in [5.74, 6) is 1.71. The summed E-state index contributed by atoms with van der Waals surface area (Å²) in [5.41, 5.74) is 8.21. The van der Waals surface area contributed by atoms with Crippen LogP contribution >= 0.6 is 0 Å². The maximum absolute atomic E-state index is 12.6. The smallest absolute Gasteiger partial charge is 0.251 e. The molecule has 2 unspecified atom stereocenters. The Morgan fingerprint density at radius 2 is 1.73 bits per heavy atom. The van der Waals surface area contributed by atoms with Crippen molar-refractivity contribution in [3.05, 3.63) is 35.4 Å². The Morgan fingerprint density at radius 1 is 1.14 bits per heavy atom. The Bertz CT molecular complexity index is 509. The van der Waals surface area contributed by atoms with Crippen LogP contribution in [0.4, 0.5) is 0 Å². The predicted molar refractivity (Wildman–Crippen MR) is 89.8 cm³/mol. The Morgan fingerprint density at radius 3 is 2.27 bits per heavy atom. The maximum atomic E-state index is 12.6. The third kappa shape index (κ3) is 3.19. The van der Waals surface area contributed by atoms with E-state index in [1.165, 1.54) is 24.8 Å². The largest absolute Gasteiger partial charge is 0.349 e. The van der Waals surface area contributed by atoms with Crippen LogP contribution in [0.2, 0.25) is 0 Å². The van der Waals surface area contributed by atoms with E-state index in [2.05, 4.69) is 31.3 Å². The molecule has 2 fully saturated rings. The zero-order valence-electron chi connectivity index (χ0n) is 13.7. The molecule has 22 heavy (non-hydrogen) atoms. The Hall–Kier alpha value is -1.35. The van der Waals surface area contributed by atoms with Crippen molar-refractivity contribution in [2.75, 3.05) is 0 Å². The molecule has 0 spiro atoms. The zero-order chi connectivity index (χ0) is 15.7. The van der Waals surface area contributed by atoms with Crippen LogP contribution in [0.15, 0.2) is 24.3 Å². The summed E-state index contributed by atoms with van der Waals surface area (Å²) in [6.45, 7) is 4.34. The highest BCUT2D eigenvalue weighted by atomic mass is 16.1. The second-order valence-corrected chi connectivity index (χ2v) is 7.46. The highest BCUT2D eigenvalue weighted by Gasteiger charge is 2.39. The van der Waals surface area contributed by atoms with Gasteiger partial charge < -0.3 is 11.1 Å². The van der Waals surface area contributed by atoms with Crippen molar-refractivity contribution >= 4 is 5.91 Å². The minimum atomic E-state index is 0.0766. The molecule has 3 N–H and O–H groups in total. The third-order valence-electron chi connectivity index (χ3n) is 5.51. The van der Waals surface area contributed by atoms with Gasteiger partial charge in [-0.1, -0.05) is 32.4 Å². The van der Waals surface area contributed by atoms with Gasteiger partial charge in [0, 0.05) is 17.6 Å². The van der Waals surface area contributed by atoms with Crippen molar-refractivity contribution in [2.45, 2.75) is 64.0 Å². The minimum Gasteiger partial charge on any atom is -0.349 e. The van der Waals surface area contributed by atoms with Gasteiger partial charge in [-0.05, 0) is 61.1 Å². The average Bonchev–Trinajstić information content (AvgIpc) is 2.48. The second-order valence-electron chi connectivity index (χ2n) is 7.46. The van der Waals surface area contributed by atoms with Gasteiger partial charge >= 0.3 is 0 Å². The first-order valence-corrected chi connectivity index (χ1v) is 8.71. The molecule has 3 rings (SSSR count). The number of nitrogens with one attached hydrogen (secondary N) is 1. The van der Waals surface area contributed by atoms with Gasteiger partial charge in [-0.25, -0.2) is 0 Å². The molecule has 0 aliphatic heterocycles. The summed E-state index contributed by atoms with van der Waals surface area (Å²) in [6, 6.07) is 8.69. The zero-order valence-corrected chi connectivity index (χ0v) is 13.7. The fourth-order valence-electron chi connectivity index (χ4n) is 4.28. The lowest BCUT2D eigenvalue weighted by molar-refractivity contribution is 0.0756. The molecule has 0 saturated heterocycles. The van der Waals surface area contributed by atoms with Gasteiger partial charge in [0.15, 0.2) is 0 Å². The van der Waals surface area contributed by atoms with Crippen LogP contribution in [0, 0.1) is 11.8 Å². The van der Waals surface area contributed by atoms with Crippen LogP contribution < -0.4 is 11.1 Å². The van der Waals surface area contributed by atoms with E-state index in [1.54, 1.807) is 0 Å². The lowest BCUT2D eigenvalue weighted by Crippen LogP contribution is -2.53. The first kappa shape index (κ1) is 15.5. The van der Waals surface area contributed by atoms with Gasteiger partial charge in [0.1, 0.15) is 0 Å². The van der Waals surface area contributed by atoms with Gasteiger partial charge in [-0.3, -0.25) is 4.79 Å². The molecule has 1 amide bonds. The highest BCUT2D eigenvalue weighted by Crippen LogP contribution is 2.39. The van der Waals surface area contributed by atoms with Gasteiger partial charge in [0.2, 0.25) is 0 Å². The van der Waals surface area contributed by atoms with Crippen molar-refractivity contribution in [1.82, 2.24) is 5.32 Å². The second kappa shape index (κ2) is 6.41. The number of fused-ring (bicyclic) bond motifs is 2. The van der Waals surface area contributed by atoms with E-state index in [1.807, 2.05) is 12.1 Å². The van der Waals surface area contributed by atoms with E-state index in [4.69, 9.17) is 5.73 Å². The first-order chi connectivity index (χ1) is 10.5. The predicted octanol–water partition coefficient (Wildman–Crippen LogP) is 3.45. The van der Waals surface area contributed by atoms with Gasteiger partial charge in [-0.15, -0.1) is 0 Å². The molecule has 2 aliphatic rings. The van der Waals surface area contributed by atoms with Gasteiger partial charge in [0.05, 0.1) is 0 Å². The van der Waals surface area contributed by atoms with Crippen LogP contribution in [0.5, 0.6) is 0 Å². The van der Waals surface area contributed by atoms with E-state index in [-0.39, 0.29) is 5.91 Å². The molecule has 0 heterocycles. The van der Waals surface area contributed by atoms with E-state index < -0.39 is 0 Å². The first-order valence-electron chi connectivity index (χ1n) is 8.71. The SMILES string of the molecule is CC(C)c1ccc(C(=O)NC2C3CCCC2CC(N)C3)cc1. The number of nitrogens with two attached hydrogens (primary N) is 1. The molecular weight excluding hydrogens is 272 g/mol. The molecule has 120 valence electrons. The number of carbonyl (C=O) groups is 1. The highest BCUT2D eigenvalue weighted by molar-refractivity contribution is 5.94. The molecule has 3 heteroatoms. The van der Waals surface area contributed by atoms with E-state index in [0.29, 0.717) is 29.8 Å². The summed E-state index contributed by atoms with van der Waals surface area (Å²) in [5, 5.41) is 3.31. The quantitative estimate of drug-likeness (QED) is 0.898. The van der Waals surface area contributed by atoms with Crippen LogP contribution in [-0.2, 0) is 0 Å². The van der Waals surface area contributed by atoms with Crippen LogP contribution in [-0.4, -0.2) is 18.0 Å². The maximum Gasteiger partial charge on any atom is 0.251 e. The molecule has 2 atom stereocenters. The molecule has 0 aromatic heterocycles. The number of carbonyl (C=O) groups excluding carboxylic acids is 1. The van der Waals surface area contributed by atoms with Crippen molar-refractivity contribution in [3.8, 4) is 0 Å². The summed E-state index contributed by atoms with van der Waals surface area (Å²) in [7, 11) is 0. The fraction of sp³-hybridized carbons (Fsp3) is 0.632. The Balaban J connectivity index is 1.68. The van der Waals surface area contributed by atoms with Crippen molar-refractivity contribution in [3.63, 3.8) is 0 Å². The number of benzene rings is 1. The van der Waals surface area contributed by atoms with E-state index in [9.17, 15) is 4.79 Å². The van der Waals surface area contributed by atoms with Crippen molar-refractivity contribution < 1.29 is 4.79 Å². The standard InChI is InChI=1S/C19H28N2O/c1-12(2)13-6-8-14(9-7-13)19(22)21-18-15-4-3-5-16(18)11-17(20)10-15/h6-9,12,15-18H,3-5,10-11,20H2,1-2H3,(H,21,22). The number of amides is 1. The molecular formula is C19H28N2O. The summed E-state index contributed by atoms with van der Waals surface area (Å²) < 4.78 is 0. The summed E-state index contributed by atoms with van der Waals surface area (Å²) in [6.07, 6.45) is 5.84. The molecule has 1 aromatic carbocycles. The monoisotopic (exact) mass is 300 g/mol. The topological polar surface area (TPSA) is 55.1 Å². The number of rotatable bonds is 3. The Kier molecular flexibility index (Phi) is 4.53. The lowest BCUT2D eigenvalue weighted by atomic mass is 9.67. The molecule has 2 saturated carbocycles. The van der Waals surface area contributed by atoms with Crippen molar-refractivity contribution in [1.29, 1.82) is 0 Å². The van der Waals surface area contributed by atoms with E-state index >= 15 is 0 Å². The molecule has 1 aromatic rings. The van der Waals surface area contributed by atoms with Crippen LogP contribution in [0.3, 0.4) is 0 Å². The summed E-state index contributed by atoms with van der Waals surface area (Å²) >= 11 is 0. The van der Waals surface area contributed by atoms with Crippen LogP contribution in [0.1, 0.15) is 67.8 Å². The van der Waals surface area contributed by atoms with E-state index in [0.717, 1.165) is 18.4 Å². The fourth-order valence-corrected chi connectivity index (χ4v) is 4.28. The third-order valence-corrected chi connectivity index (χ3v) is 5.51. The van der Waals surface area contributed by atoms with Crippen molar-refractivity contribution in [2.24, 2.45) is 17.6 Å². The molecule has 3 nitrogen and oxygen atoms in total. The minimum absolute atomic E-state index is 0.0766. The number of hydrogen-bond acceptors (Lipinski definition) is 2. The van der Waals surface area contributed by atoms with Crippen LogP contribution in [0.25, 0.3) is 0 Å². The molecule has 2 bridgehead atoms. The average molecular weight is 300 g/mol.